The average molecular weight is 331 g/mol. The van der Waals surface area contributed by atoms with Crippen LogP contribution in [0.4, 0.5) is 0 Å². The summed E-state index contributed by atoms with van der Waals surface area (Å²) in [5.74, 6) is -0.223. The number of H-pyrrole nitrogens is 1. The van der Waals surface area contributed by atoms with E-state index < -0.39 is 17.4 Å². The van der Waals surface area contributed by atoms with Crippen LogP contribution in [0.5, 0.6) is 0 Å². The lowest BCUT2D eigenvalue weighted by atomic mass is 10.1. The second-order valence-electron chi connectivity index (χ2n) is 4.68. The van der Waals surface area contributed by atoms with Gasteiger partial charge in [-0.05, 0) is 23.9 Å². The summed E-state index contributed by atoms with van der Waals surface area (Å²) < 4.78 is 1.42. The Bertz CT molecular complexity index is 592. The maximum Gasteiger partial charge on any atom is 0.328 e. The van der Waals surface area contributed by atoms with Gasteiger partial charge in [-0.15, -0.1) is 0 Å². The minimum Gasteiger partial charge on any atom is -0.396 e. The Kier molecular flexibility index (Phi) is 4.38. The van der Waals surface area contributed by atoms with E-state index in [1.807, 2.05) is 0 Å². The zero-order chi connectivity index (χ0) is 14.0. The lowest BCUT2D eigenvalue weighted by Crippen LogP contribution is -2.32. The van der Waals surface area contributed by atoms with Crippen molar-refractivity contribution in [1.29, 1.82) is 0 Å². The molecule has 0 saturated heterocycles. The number of aromatic amines is 1. The Balaban J connectivity index is 2.38. The molecule has 2 rings (SSSR count). The summed E-state index contributed by atoms with van der Waals surface area (Å²) in [5.41, 5.74) is -0.583. The zero-order valence-electron chi connectivity index (χ0n) is 10.1. The van der Waals surface area contributed by atoms with E-state index in [0.29, 0.717) is 18.4 Å². The predicted molar refractivity (Wildman–Crippen MR) is 74.1 cm³/mol. The number of aliphatic hydroxyl groups is 2. The predicted octanol–water partition coefficient (Wildman–Crippen LogP) is 0.207. The topological polar surface area (TPSA) is 95.3 Å². The number of nitrogens with zero attached hydrogens (tertiary/aromatic N) is 1. The molecule has 6 nitrogen and oxygen atoms in total. The van der Waals surface area contributed by atoms with Gasteiger partial charge >= 0.3 is 5.69 Å². The molecule has 3 N–H and O–H groups in total. The average Bonchev–Trinajstić information content (AvgIpc) is 2.74. The molecule has 1 aliphatic rings. The van der Waals surface area contributed by atoms with Gasteiger partial charge in [-0.3, -0.25) is 14.3 Å². The van der Waals surface area contributed by atoms with Crippen LogP contribution >= 0.6 is 15.9 Å². The smallest absolute Gasteiger partial charge is 0.328 e. The summed E-state index contributed by atoms with van der Waals surface area (Å²) in [6, 6.07) is -0.209. The normalized spacial score (nSPS) is 27.2. The third-order valence-corrected chi connectivity index (χ3v) is 3.76. The van der Waals surface area contributed by atoms with E-state index in [0.717, 1.165) is 0 Å². The number of aromatic nitrogens is 2. The van der Waals surface area contributed by atoms with Crippen molar-refractivity contribution in [3.8, 4) is 0 Å². The molecule has 3 atom stereocenters. The van der Waals surface area contributed by atoms with Crippen LogP contribution in [-0.4, -0.2) is 32.5 Å². The molecule has 104 valence electrons. The van der Waals surface area contributed by atoms with E-state index in [-0.39, 0.29) is 18.6 Å². The molecule has 0 aliphatic heterocycles. The molecule has 0 spiro atoms. The van der Waals surface area contributed by atoms with Gasteiger partial charge < -0.3 is 10.2 Å². The largest absolute Gasteiger partial charge is 0.396 e. The Hall–Kier alpha value is -1.18. The molecule has 0 unspecified atom stereocenters. The molecule has 1 aliphatic carbocycles. The van der Waals surface area contributed by atoms with Gasteiger partial charge in [0.2, 0.25) is 0 Å². The molecule has 0 amide bonds. The Morgan fingerprint density at radius 3 is 2.79 bits per heavy atom. The number of rotatable bonds is 3. The number of nitrogens with one attached hydrogen (secondary N) is 1. The first-order valence-corrected chi connectivity index (χ1v) is 6.89. The van der Waals surface area contributed by atoms with Crippen LogP contribution in [-0.2, 0) is 0 Å². The molecule has 1 aromatic rings. The van der Waals surface area contributed by atoms with E-state index in [2.05, 4.69) is 20.9 Å². The van der Waals surface area contributed by atoms with Crippen molar-refractivity contribution in [3.05, 3.63) is 37.6 Å². The lowest BCUT2D eigenvalue weighted by Gasteiger charge is -2.13. The van der Waals surface area contributed by atoms with Crippen LogP contribution in [0.3, 0.4) is 0 Å². The highest BCUT2D eigenvalue weighted by Crippen LogP contribution is 2.33. The van der Waals surface area contributed by atoms with Gasteiger partial charge in [0.05, 0.1) is 11.7 Å². The van der Waals surface area contributed by atoms with Crippen LogP contribution in [0.15, 0.2) is 20.8 Å². The highest BCUT2D eigenvalue weighted by Gasteiger charge is 2.34. The monoisotopic (exact) mass is 330 g/mol. The molecular formula is C12H15BrN2O4. The van der Waals surface area contributed by atoms with Gasteiger partial charge in [0.15, 0.2) is 0 Å². The van der Waals surface area contributed by atoms with E-state index in [1.165, 1.54) is 15.7 Å². The number of hydrogen-bond acceptors (Lipinski definition) is 4. The third-order valence-electron chi connectivity index (χ3n) is 3.50. The minimum absolute atomic E-state index is 0.107. The Morgan fingerprint density at radius 2 is 2.21 bits per heavy atom. The van der Waals surface area contributed by atoms with E-state index >= 15 is 0 Å². The van der Waals surface area contributed by atoms with Crippen LogP contribution in [0.25, 0.3) is 6.08 Å². The van der Waals surface area contributed by atoms with E-state index in [9.17, 15) is 14.7 Å². The summed E-state index contributed by atoms with van der Waals surface area (Å²) >= 11 is 3.08. The highest BCUT2D eigenvalue weighted by molar-refractivity contribution is 9.11. The van der Waals surface area contributed by atoms with Crippen molar-refractivity contribution in [2.24, 2.45) is 5.92 Å². The first-order valence-electron chi connectivity index (χ1n) is 5.98. The van der Waals surface area contributed by atoms with Gasteiger partial charge in [-0.1, -0.05) is 15.9 Å². The van der Waals surface area contributed by atoms with Gasteiger partial charge in [-0.25, -0.2) is 4.79 Å². The molecule has 7 heteroatoms. The maximum absolute atomic E-state index is 11.8. The molecule has 1 aromatic heterocycles. The summed E-state index contributed by atoms with van der Waals surface area (Å²) in [5, 5.41) is 18.9. The molecule has 0 bridgehead atoms. The van der Waals surface area contributed by atoms with Gasteiger partial charge in [0.1, 0.15) is 0 Å². The standard InChI is InChI=1S/C12H15BrN2O4/c13-2-1-7-5-15(12(19)14-11(7)18)9-3-8(6-16)10(17)4-9/h1-2,5,8-10,16-17H,3-4,6H2,(H,14,18,19)/t8-,9-,10+/m0/s1. The fourth-order valence-corrected chi connectivity index (χ4v) is 2.74. The molecule has 0 radical (unpaired) electrons. The Morgan fingerprint density at radius 1 is 1.47 bits per heavy atom. The quantitative estimate of drug-likeness (QED) is 0.738. The Labute approximate surface area is 117 Å². The maximum atomic E-state index is 11.8. The lowest BCUT2D eigenvalue weighted by molar-refractivity contribution is 0.0906. The molecule has 19 heavy (non-hydrogen) atoms. The molecule has 0 aromatic carbocycles. The van der Waals surface area contributed by atoms with Crippen LogP contribution in [0.2, 0.25) is 0 Å². The van der Waals surface area contributed by atoms with Crippen molar-refractivity contribution < 1.29 is 10.2 Å². The number of hydrogen-bond donors (Lipinski definition) is 3. The van der Waals surface area contributed by atoms with Crippen molar-refractivity contribution in [1.82, 2.24) is 9.55 Å². The summed E-state index contributed by atoms with van der Waals surface area (Å²) in [6.45, 7) is -0.107. The highest BCUT2D eigenvalue weighted by atomic mass is 79.9. The van der Waals surface area contributed by atoms with E-state index in [4.69, 9.17) is 5.11 Å². The third kappa shape index (κ3) is 2.88. The fourth-order valence-electron chi connectivity index (χ4n) is 2.46. The molecular weight excluding hydrogens is 316 g/mol. The zero-order valence-corrected chi connectivity index (χ0v) is 11.7. The molecule has 1 fully saturated rings. The molecule has 1 heterocycles. The van der Waals surface area contributed by atoms with Crippen molar-refractivity contribution >= 4 is 22.0 Å². The van der Waals surface area contributed by atoms with Crippen LogP contribution in [0, 0.1) is 5.92 Å². The first-order chi connectivity index (χ1) is 9.06. The van der Waals surface area contributed by atoms with Crippen molar-refractivity contribution in [3.63, 3.8) is 0 Å². The number of aliphatic hydroxyl groups excluding tert-OH is 2. The SMILES string of the molecule is O=c1[nH]c(=O)n([C@H]2C[C@@H](CO)[C@H](O)C2)cc1C=CBr. The minimum atomic E-state index is -0.621. The van der Waals surface area contributed by atoms with Gasteiger partial charge in [-0.2, -0.15) is 0 Å². The molecule has 1 saturated carbocycles. The van der Waals surface area contributed by atoms with Gasteiger partial charge in [0, 0.05) is 24.8 Å². The van der Waals surface area contributed by atoms with Gasteiger partial charge in [0.25, 0.3) is 5.56 Å². The second kappa shape index (κ2) is 5.85. The summed E-state index contributed by atoms with van der Waals surface area (Å²) in [7, 11) is 0. The summed E-state index contributed by atoms with van der Waals surface area (Å²) in [6.07, 6.45) is 3.32. The van der Waals surface area contributed by atoms with E-state index in [1.54, 1.807) is 6.08 Å². The van der Waals surface area contributed by atoms with Crippen LogP contribution in [0.1, 0.15) is 24.4 Å². The first kappa shape index (κ1) is 14.2. The summed E-state index contributed by atoms with van der Waals surface area (Å²) in [4.78, 5) is 27.2. The second-order valence-corrected chi connectivity index (χ2v) is 5.21. The number of halogens is 1. The fraction of sp³-hybridized carbons (Fsp3) is 0.500. The van der Waals surface area contributed by atoms with Crippen molar-refractivity contribution in [2.45, 2.75) is 25.0 Å². The van der Waals surface area contributed by atoms with Crippen molar-refractivity contribution in [2.75, 3.05) is 6.61 Å². The van der Waals surface area contributed by atoms with Crippen LogP contribution < -0.4 is 11.2 Å².